The van der Waals surface area contributed by atoms with E-state index < -0.39 is 0 Å². The van der Waals surface area contributed by atoms with Gasteiger partial charge in [0.2, 0.25) is 5.89 Å². The Balaban J connectivity index is 1.64. The molecule has 5 heteroatoms. The highest BCUT2D eigenvalue weighted by atomic mass is 16.5. The summed E-state index contributed by atoms with van der Waals surface area (Å²) >= 11 is 0. The Morgan fingerprint density at radius 1 is 1.44 bits per heavy atom. The zero-order valence-electron chi connectivity index (χ0n) is 10.1. The maximum absolute atomic E-state index is 5.04. The first-order chi connectivity index (χ1) is 7.74. The highest BCUT2D eigenvalue weighted by molar-refractivity contribution is 4.82. The highest BCUT2D eigenvalue weighted by Crippen LogP contribution is 2.14. The number of piperidine rings is 1. The molecule has 1 aromatic rings. The molecule has 0 saturated carbocycles. The maximum Gasteiger partial charge on any atom is 0.240 e. The fraction of sp³-hybridized carbons (Fsp3) is 0.818. The molecule has 1 N–H and O–H groups in total. The predicted octanol–water partition coefficient (Wildman–Crippen LogP) is 0.809. The summed E-state index contributed by atoms with van der Waals surface area (Å²) < 4.78 is 5.04. The summed E-state index contributed by atoms with van der Waals surface area (Å²) in [5.74, 6) is 2.18. The molecule has 1 saturated heterocycles. The van der Waals surface area contributed by atoms with Crippen molar-refractivity contribution in [2.75, 3.05) is 26.7 Å². The lowest BCUT2D eigenvalue weighted by Crippen LogP contribution is -2.34. The van der Waals surface area contributed by atoms with Gasteiger partial charge in [-0.05, 0) is 52.4 Å². The molecule has 90 valence electrons. The van der Waals surface area contributed by atoms with Gasteiger partial charge in [-0.2, -0.15) is 4.98 Å². The van der Waals surface area contributed by atoms with Crippen molar-refractivity contribution < 1.29 is 4.52 Å². The topological polar surface area (TPSA) is 54.2 Å². The number of rotatable bonds is 4. The molecule has 1 aromatic heterocycles. The quantitative estimate of drug-likeness (QED) is 0.820. The van der Waals surface area contributed by atoms with Crippen LogP contribution in [-0.2, 0) is 6.54 Å². The van der Waals surface area contributed by atoms with Gasteiger partial charge in [-0.25, -0.2) is 0 Å². The third kappa shape index (κ3) is 3.28. The van der Waals surface area contributed by atoms with Crippen molar-refractivity contribution in [1.82, 2.24) is 20.4 Å². The minimum Gasteiger partial charge on any atom is -0.338 e. The lowest BCUT2D eigenvalue weighted by Gasteiger charge is -2.28. The number of hydrogen-bond donors (Lipinski definition) is 1. The first-order valence-corrected chi connectivity index (χ1v) is 5.92. The maximum atomic E-state index is 5.04. The first kappa shape index (κ1) is 11.5. The van der Waals surface area contributed by atoms with Crippen molar-refractivity contribution in [3.8, 4) is 0 Å². The summed E-state index contributed by atoms with van der Waals surface area (Å²) in [6, 6.07) is 0. The second kappa shape index (κ2) is 5.41. The van der Waals surface area contributed by atoms with E-state index >= 15 is 0 Å². The van der Waals surface area contributed by atoms with Gasteiger partial charge in [0.05, 0.1) is 6.54 Å². The molecule has 0 amide bonds. The van der Waals surface area contributed by atoms with Crippen molar-refractivity contribution in [1.29, 1.82) is 0 Å². The van der Waals surface area contributed by atoms with Gasteiger partial charge < -0.3 is 14.7 Å². The average molecular weight is 224 g/mol. The Bertz CT molecular complexity index is 318. The predicted molar refractivity (Wildman–Crippen MR) is 61.0 cm³/mol. The standard InChI is InChI=1S/C11H20N4O/c1-9-13-11(16-14-9)8-12-7-10-3-5-15(2)6-4-10/h10,12H,3-8H2,1-2H3. The van der Waals surface area contributed by atoms with E-state index in [4.69, 9.17) is 4.52 Å². The van der Waals surface area contributed by atoms with Crippen LogP contribution < -0.4 is 5.32 Å². The third-order valence-electron chi connectivity index (χ3n) is 3.12. The van der Waals surface area contributed by atoms with Crippen molar-refractivity contribution in [3.05, 3.63) is 11.7 Å². The number of aromatic nitrogens is 2. The largest absolute Gasteiger partial charge is 0.338 e. The Kier molecular flexibility index (Phi) is 3.90. The lowest BCUT2D eigenvalue weighted by molar-refractivity contribution is 0.214. The van der Waals surface area contributed by atoms with E-state index in [1.165, 1.54) is 25.9 Å². The summed E-state index contributed by atoms with van der Waals surface area (Å²) in [6.07, 6.45) is 2.57. The SMILES string of the molecule is Cc1noc(CNCC2CCN(C)CC2)n1. The van der Waals surface area contributed by atoms with Crippen LogP contribution in [0.25, 0.3) is 0 Å². The van der Waals surface area contributed by atoms with Crippen LogP contribution in [0.3, 0.4) is 0 Å². The Morgan fingerprint density at radius 2 is 2.19 bits per heavy atom. The van der Waals surface area contributed by atoms with Crippen molar-refractivity contribution in [2.45, 2.75) is 26.3 Å². The van der Waals surface area contributed by atoms with Crippen molar-refractivity contribution in [2.24, 2.45) is 5.92 Å². The average Bonchev–Trinajstić information content (AvgIpc) is 2.67. The van der Waals surface area contributed by atoms with E-state index in [1.54, 1.807) is 0 Å². The van der Waals surface area contributed by atoms with E-state index in [-0.39, 0.29) is 0 Å². The molecule has 1 fully saturated rings. The fourth-order valence-corrected chi connectivity index (χ4v) is 2.06. The van der Waals surface area contributed by atoms with Gasteiger partial charge in [0.15, 0.2) is 5.82 Å². The summed E-state index contributed by atoms with van der Waals surface area (Å²) in [4.78, 5) is 6.54. The molecule has 0 spiro atoms. The fourth-order valence-electron chi connectivity index (χ4n) is 2.06. The van der Waals surface area contributed by atoms with Gasteiger partial charge in [-0.1, -0.05) is 5.16 Å². The van der Waals surface area contributed by atoms with Crippen LogP contribution in [0.2, 0.25) is 0 Å². The second-order valence-corrected chi connectivity index (χ2v) is 4.61. The van der Waals surface area contributed by atoms with Crippen LogP contribution in [0.15, 0.2) is 4.52 Å². The van der Waals surface area contributed by atoms with Crippen molar-refractivity contribution >= 4 is 0 Å². The molecule has 2 rings (SSSR count). The van der Waals surface area contributed by atoms with Gasteiger partial charge >= 0.3 is 0 Å². The van der Waals surface area contributed by atoms with E-state index in [2.05, 4.69) is 27.4 Å². The molecule has 0 radical (unpaired) electrons. The molecule has 16 heavy (non-hydrogen) atoms. The van der Waals surface area contributed by atoms with Gasteiger partial charge in [0.1, 0.15) is 0 Å². The molecule has 2 heterocycles. The third-order valence-corrected chi connectivity index (χ3v) is 3.12. The summed E-state index contributed by atoms with van der Waals surface area (Å²) in [5, 5.41) is 7.14. The Morgan fingerprint density at radius 3 is 2.81 bits per heavy atom. The normalized spacial score (nSPS) is 19.1. The Hall–Kier alpha value is -0.940. The van der Waals surface area contributed by atoms with Crippen LogP contribution >= 0.6 is 0 Å². The molecule has 1 aliphatic heterocycles. The minimum atomic E-state index is 0.686. The molecule has 5 nitrogen and oxygen atoms in total. The molecule has 0 atom stereocenters. The van der Waals surface area contributed by atoms with Gasteiger partial charge in [-0.3, -0.25) is 0 Å². The lowest BCUT2D eigenvalue weighted by atomic mass is 9.97. The zero-order valence-corrected chi connectivity index (χ0v) is 10.1. The van der Waals surface area contributed by atoms with E-state index in [9.17, 15) is 0 Å². The van der Waals surface area contributed by atoms with E-state index in [0.29, 0.717) is 18.3 Å². The summed E-state index contributed by atoms with van der Waals surface area (Å²) in [6.45, 7) is 6.00. The smallest absolute Gasteiger partial charge is 0.240 e. The number of nitrogens with zero attached hydrogens (tertiary/aromatic N) is 3. The highest BCUT2D eigenvalue weighted by Gasteiger charge is 2.16. The van der Waals surface area contributed by atoms with E-state index in [1.807, 2.05) is 6.92 Å². The monoisotopic (exact) mass is 224 g/mol. The van der Waals surface area contributed by atoms with Crippen LogP contribution in [-0.4, -0.2) is 41.7 Å². The van der Waals surface area contributed by atoms with E-state index in [0.717, 1.165) is 12.5 Å². The summed E-state index contributed by atoms with van der Waals surface area (Å²) in [7, 11) is 2.19. The first-order valence-electron chi connectivity index (χ1n) is 5.92. The van der Waals surface area contributed by atoms with Crippen molar-refractivity contribution in [3.63, 3.8) is 0 Å². The molecule has 0 unspecified atom stereocenters. The molecule has 0 bridgehead atoms. The van der Waals surface area contributed by atoms with Gasteiger partial charge in [0, 0.05) is 0 Å². The number of nitrogens with one attached hydrogen (secondary N) is 1. The van der Waals surface area contributed by atoms with Gasteiger partial charge in [-0.15, -0.1) is 0 Å². The molecule has 0 aromatic carbocycles. The molecule has 0 aliphatic carbocycles. The zero-order chi connectivity index (χ0) is 11.4. The molecule has 1 aliphatic rings. The van der Waals surface area contributed by atoms with Gasteiger partial charge in [0.25, 0.3) is 0 Å². The second-order valence-electron chi connectivity index (χ2n) is 4.61. The summed E-state index contributed by atoms with van der Waals surface area (Å²) in [5.41, 5.74) is 0. The van der Waals surface area contributed by atoms with Crippen LogP contribution in [0, 0.1) is 12.8 Å². The molecular weight excluding hydrogens is 204 g/mol. The Labute approximate surface area is 96.2 Å². The van der Waals surface area contributed by atoms with Crippen LogP contribution in [0.5, 0.6) is 0 Å². The number of aryl methyl sites for hydroxylation is 1. The molecular formula is C11H20N4O. The van der Waals surface area contributed by atoms with Crippen LogP contribution in [0.4, 0.5) is 0 Å². The van der Waals surface area contributed by atoms with Crippen LogP contribution in [0.1, 0.15) is 24.6 Å². The minimum absolute atomic E-state index is 0.686. The number of likely N-dealkylation sites (tertiary alicyclic amines) is 1. The number of hydrogen-bond acceptors (Lipinski definition) is 5.